The van der Waals surface area contributed by atoms with Gasteiger partial charge < -0.3 is 15.0 Å². The zero-order valence-corrected chi connectivity index (χ0v) is 9.79. The minimum atomic E-state index is 0.225. The van der Waals surface area contributed by atoms with E-state index in [4.69, 9.17) is 4.74 Å². The molecule has 1 saturated heterocycles. The van der Waals surface area contributed by atoms with Crippen LogP contribution in [0.15, 0.2) is 0 Å². The molecule has 15 heavy (non-hydrogen) atoms. The Morgan fingerprint density at radius 3 is 2.67 bits per heavy atom. The van der Waals surface area contributed by atoms with E-state index in [0.29, 0.717) is 6.54 Å². The first kappa shape index (κ1) is 12.5. The first-order valence-corrected chi connectivity index (χ1v) is 5.69. The molecule has 1 aliphatic heterocycles. The number of nitrogens with one attached hydrogen (secondary N) is 1. The Balaban J connectivity index is 2.20. The SMILES string of the molecule is CNCC(=O)N1CCC(CCOC)CC1. The van der Waals surface area contributed by atoms with E-state index in [1.807, 2.05) is 11.9 Å². The van der Waals surface area contributed by atoms with Crippen LogP contribution in [0.5, 0.6) is 0 Å². The molecule has 1 heterocycles. The monoisotopic (exact) mass is 214 g/mol. The van der Waals surface area contributed by atoms with Gasteiger partial charge in [0.1, 0.15) is 0 Å². The average molecular weight is 214 g/mol. The second-order valence-electron chi connectivity index (χ2n) is 4.14. The lowest BCUT2D eigenvalue weighted by Crippen LogP contribution is -2.42. The highest BCUT2D eigenvalue weighted by Crippen LogP contribution is 2.20. The molecule has 0 aliphatic carbocycles. The Hall–Kier alpha value is -0.610. The zero-order chi connectivity index (χ0) is 11.1. The summed E-state index contributed by atoms with van der Waals surface area (Å²) in [6, 6.07) is 0. The van der Waals surface area contributed by atoms with Crippen molar-refractivity contribution in [1.29, 1.82) is 0 Å². The van der Waals surface area contributed by atoms with Gasteiger partial charge in [0.2, 0.25) is 5.91 Å². The van der Waals surface area contributed by atoms with Crippen molar-refractivity contribution in [3.63, 3.8) is 0 Å². The molecule has 0 aromatic rings. The lowest BCUT2D eigenvalue weighted by atomic mass is 9.94. The number of carbonyl (C=O) groups is 1. The number of methoxy groups -OCH3 is 1. The molecule has 1 fully saturated rings. The van der Waals surface area contributed by atoms with Crippen molar-refractivity contribution >= 4 is 5.91 Å². The van der Waals surface area contributed by atoms with Crippen molar-refractivity contribution < 1.29 is 9.53 Å². The number of likely N-dealkylation sites (N-methyl/N-ethyl adjacent to an activating group) is 1. The van der Waals surface area contributed by atoms with E-state index in [-0.39, 0.29) is 5.91 Å². The molecular weight excluding hydrogens is 192 g/mol. The minimum Gasteiger partial charge on any atom is -0.385 e. The van der Waals surface area contributed by atoms with Crippen LogP contribution >= 0.6 is 0 Å². The van der Waals surface area contributed by atoms with Gasteiger partial charge in [-0.25, -0.2) is 0 Å². The second-order valence-corrected chi connectivity index (χ2v) is 4.14. The maximum absolute atomic E-state index is 11.6. The molecule has 4 nitrogen and oxygen atoms in total. The number of nitrogens with zero attached hydrogens (tertiary/aromatic N) is 1. The molecule has 88 valence electrons. The predicted octanol–water partition coefficient (Wildman–Crippen LogP) is 0.481. The van der Waals surface area contributed by atoms with Crippen LogP contribution in [-0.2, 0) is 9.53 Å². The molecule has 0 bridgehead atoms. The number of hydrogen-bond donors (Lipinski definition) is 1. The van der Waals surface area contributed by atoms with Crippen LogP contribution in [0.2, 0.25) is 0 Å². The van der Waals surface area contributed by atoms with Crippen LogP contribution in [0.3, 0.4) is 0 Å². The molecule has 0 unspecified atom stereocenters. The molecule has 0 saturated carbocycles. The summed E-state index contributed by atoms with van der Waals surface area (Å²) < 4.78 is 5.07. The van der Waals surface area contributed by atoms with Gasteiger partial charge in [0.05, 0.1) is 6.54 Å². The summed E-state index contributed by atoms with van der Waals surface area (Å²) in [5, 5.41) is 2.90. The van der Waals surface area contributed by atoms with Crippen LogP contribution in [0.4, 0.5) is 0 Å². The standard InChI is InChI=1S/C11H22N2O2/c1-12-9-11(14)13-6-3-10(4-7-13)5-8-15-2/h10,12H,3-9H2,1-2H3. The summed E-state index contributed by atoms with van der Waals surface area (Å²) in [4.78, 5) is 13.5. The molecule has 0 atom stereocenters. The van der Waals surface area contributed by atoms with Crippen LogP contribution in [0, 0.1) is 5.92 Å². The first-order chi connectivity index (χ1) is 7.27. The Morgan fingerprint density at radius 1 is 1.47 bits per heavy atom. The molecular formula is C11H22N2O2. The topological polar surface area (TPSA) is 41.6 Å². The molecule has 0 radical (unpaired) electrons. The summed E-state index contributed by atoms with van der Waals surface area (Å²) >= 11 is 0. The molecule has 4 heteroatoms. The van der Waals surface area contributed by atoms with E-state index in [9.17, 15) is 4.79 Å². The van der Waals surface area contributed by atoms with E-state index in [1.165, 1.54) is 0 Å². The molecule has 1 N–H and O–H groups in total. The average Bonchev–Trinajstić information content (AvgIpc) is 2.27. The van der Waals surface area contributed by atoms with E-state index in [2.05, 4.69) is 5.32 Å². The van der Waals surface area contributed by atoms with Gasteiger partial charge in [0, 0.05) is 26.8 Å². The molecule has 0 spiro atoms. The van der Waals surface area contributed by atoms with Crippen LogP contribution in [0.1, 0.15) is 19.3 Å². The molecule has 1 amide bonds. The van der Waals surface area contributed by atoms with E-state index in [1.54, 1.807) is 7.11 Å². The number of ether oxygens (including phenoxy) is 1. The summed E-state index contributed by atoms with van der Waals surface area (Å²) in [5.41, 5.74) is 0. The highest BCUT2D eigenvalue weighted by Gasteiger charge is 2.21. The van der Waals surface area contributed by atoms with Crippen molar-refractivity contribution in [2.45, 2.75) is 19.3 Å². The maximum Gasteiger partial charge on any atom is 0.236 e. The fourth-order valence-corrected chi connectivity index (χ4v) is 2.02. The summed E-state index contributed by atoms with van der Waals surface area (Å²) in [7, 11) is 3.55. The Labute approximate surface area is 92.0 Å². The molecule has 1 rings (SSSR count). The Bertz CT molecular complexity index is 189. The van der Waals surface area contributed by atoms with Crippen LogP contribution in [-0.4, -0.2) is 51.2 Å². The van der Waals surface area contributed by atoms with Gasteiger partial charge in [0.15, 0.2) is 0 Å². The number of hydrogen-bond acceptors (Lipinski definition) is 3. The van der Waals surface area contributed by atoms with Gasteiger partial charge in [-0.1, -0.05) is 0 Å². The molecule has 0 aromatic heterocycles. The van der Waals surface area contributed by atoms with Gasteiger partial charge in [-0.3, -0.25) is 4.79 Å². The minimum absolute atomic E-state index is 0.225. The molecule has 1 aliphatic rings. The van der Waals surface area contributed by atoms with Crippen molar-refractivity contribution in [3.8, 4) is 0 Å². The molecule has 0 aromatic carbocycles. The third kappa shape index (κ3) is 4.18. The smallest absolute Gasteiger partial charge is 0.236 e. The van der Waals surface area contributed by atoms with E-state index in [0.717, 1.165) is 44.9 Å². The van der Waals surface area contributed by atoms with Crippen molar-refractivity contribution in [1.82, 2.24) is 10.2 Å². The van der Waals surface area contributed by atoms with Crippen molar-refractivity contribution in [2.75, 3.05) is 40.4 Å². The summed E-state index contributed by atoms with van der Waals surface area (Å²) in [5.74, 6) is 0.964. The maximum atomic E-state index is 11.6. The van der Waals surface area contributed by atoms with Crippen molar-refractivity contribution in [2.24, 2.45) is 5.92 Å². The van der Waals surface area contributed by atoms with Gasteiger partial charge in [-0.15, -0.1) is 0 Å². The fourth-order valence-electron chi connectivity index (χ4n) is 2.02. The predicted molar refractivity (Wildman–Crippen MR) is 59.7 cm³/mol. The lowest BCUT2D eigenvalue weighted by Gasteiger charge is -2.31. The first-order valence-electron chi connectivity index (χ1n) is 5.69. The van der Waals surface area contributed by atoms with Gasteiger partial charge >= 0.3 is 0 Å². The number of likely N-dealkylation sites (tertiary alicyclic amines) is 1. The number of amides is 1. The number of rotatable bonds is 5. The van der Waals surface area contributed by atoms with Gasteiger partial charge in [-0.2, -0.15) is 0 Å². The highest BCUT2D eigenvalue weighted by atomic mass is 16.5. The second kappa shape index (κ2) is 6.80. The summed E-state index contributed by atoms with van der Waals surface area (Å²) in [6.07, 6.45) is 3.38. The van der Waals surface area contributed by atoms with E-state index < -0.39 is 0 Å². The quantitative estimate of drug-likeness (QED) is 0.724. The normalized spacial score (nSPS) is 18.1. The van der Waals surface area contributed by atoms with Gasteiger partial charge in [0.25, 0.3) is 0 Å². The lowest BCUT2D eigenvalue weighted by molar-refractivity contribution is -0.131. The number of carbonyl (C=O) groups excluding carboxylic acids is 1. The zero-order valence-electron chi connectivity index (χ0n) is 9.79. The van der Waals surface area contributed by atoms with E-state index >= 15 is 0 Å². The Kier molecular flexibility index (Phi) is 5.65. The van der Waals surface area contributed by atoms with Crippen molar-refractivity contribution in [3.05, 3.63) is 0 Å². The highest BCUT2D eigenvalue weighted by molar-refractivity contribution is 5.78. The third-order valence-electron chi connectivity index (χ3n) is 3.03. The van der Waals surface area contributed by atoms with Gasteiger partial charge in [-0.05, 0) is 32.2 Å². The fraction of sp³-hybridized carbons (Fsp3) is 0.909. The van der Waals surface area contributed by atoms with Crippen LogP contribution < -0.4 is 5.32 Å². The summed E-state index contributed by atoms with van der Waals surface area (Å²) in [6.45, 7) is 3.13. The van der Waals surface area contributed by atoms with Crippen LogP contribution in [0.25, 0.3) is 0 Å². The third-order valence-corrected chi connectivity index (χ3v) is 3.03. The largest absolute Gasteiger partial charge is 0.385 e. The number of piperidine rings is 1. The Morgan fingerprint density at radius 2 is 2.13 bits per heavy atom.